The molecule has 0 unspecified atom stereocenters. The molecule has 2 N–H and O–H groups in total. The van der Waals surface area contributed by atoms with Crippen LogP contribution >= 0.6 is 0 Å². The molecule has 0 fully saturated rings. The van der Waals surface area contributed by atoms with Crippen LogP contribution in [0.5, 0.6) is 0 Å². The normalized spacial score (nSPS) is 10.1. The highest BCUT2D eigenvalue weighted by Crippen LogP contribution is 2.20. The van der Waals surface area contributed by atoms with E-state index < -0.39 is 0 Å². The van der Waals surface area contributed by atoms with E-state index in [4.69, 9.17) is 5.11 Å². The van der Waals surface area contributed by atoms with Gasteiger partial charge in [0.2, 0.25) is 0 Å². The van der Waals surface area contributed by atoms with E-state index in [0.29, 0.717) is 17.1 Å². The quantitative estimate of drug-likeness (QED) is 0.827. The fourth-order valence-electron chi connectivity index (χ4n) is 1.30. The predicted molar refractivity (Wildman–Crippen MR) is 57.6 cm³/mol. The van der Waals surface area contributed by atoms with Crippen LogP contribution in [0.15, 0.2) is 36.8 Å². The average molecular weight is 219 g/mol. The Morgan fingerprint density at radius 3 is 2.88 bits per heavy atom. The Morgan fingerprint density at radius 1 is 1.31 bits per heavy atom. The molecule has 0 aliphatic rings. The standard InChI is InChI=1S/C11H10FN3O/c12-9-2-1-8(7-16)10(5-9)15-11-6-13-3-4-14-11/h1-6,16H,7H2,(H,14,15). The molecule has 0 aliphatic carbocycles. The van der Waals surface area contributed by atoms with Crippen molar-refractivity contribution < 1.29 is 9.50 Å². The van der Waals surface area contributed by atoms with E-state index >= 15 is 0 Å². The minimum Gasteiger partial charge on any atom is -0.392 e. The topological polar surface area (TPSA) is 58.0 Å². The van der Waals surface area contributed by atoms with Crippen LogP contribution in [-0.4, -0.2) is 15.1 Å². The summed E-state index contributed by atoms with van der Waals surface area (Å²) in [6, 6.07) is 4.13. The van der Waals surface area contributed by atoms with Crippen molar-refractivity contribution in [2.75, 3.05) is 5.32 Å². The molecular formula is C11H10FN3O. The lowest BCUT2D eigenvalue weighted by Crippen LogP contribution is -1.98. The fourth-order valence-corrected chi connectivity index (χ4v) is 1.30. The lowest BCUT2D eigenvalue weighted by Gasteiger charge is -2.09. The van der Waals surface area contributed by atoms with Gasteiger partial charge in [-0.2, -0.15) is 0 Å². The van der Waals surface area contributed by atoms with Crippen molar-refractivity contribution >= 4 is 11.5 Å². The van der Waals surface area contributed by atoms with E-state index in [2.05, 4.69) is 15.3 Å². The van der Waals surface area contributed by atoms with Crippen molar-refractivity contribution in [3.63, 3.8) is 0 Å². The van der Waals surface area contributed by atoms with Crippen LogP contribution < -0.4 is 5.32 Å². The fraction of sp³-hybridized carbons (Fsp3) is 0.0909. The molecule has 1 aromatic heterocycles. The SMILES string of the molecule is OCc1ccc(F)cc1Nc1cnccn1. The van der Waals surface area contributed by atoms with Crippen molar-refractivity contribution in [2.45, 2.75) is 6.61 Å². The molecule has 0 aliphatic heterocycles. The second kappa shape index (κ2) is 4.67. The molecule has 0 saturated heterocycles. The van der Waals surface area contributed by atoms with E-state index in [-0.39, 0.29) is 12.4 Å². The molecule has 2 rings (SSSR count). The molecule has 0 amide bonds. The average Bonchev–Trinajstić information content (AvgIpc) is 2.31. The maximum atomic E-state index is 13.0. The summed E-state index contributed by atoms with van der Waals surface area (Å²) in [6.45, 7) is -0.164. The van der Waals surface area contributed by atoms with Gasteiger partial charge in [-0.25, -0.2) is 9.37 Å². The number of hydrogen-bond donors (Lipinski definition) is 2. The van der Waals surface area contributed by atoms with Gasteiger partial charge in [0.1, 0.15) is 11.6 Å². The van der Waals surface area contributed by atoms with Crippen LogP contribution in [0.1, 0.15) is 5.56 Å². The van der Waals surface area contributed by atoms with Crippen molar-refractivity contribution in [1.29, 1.82) is 0 Å². The summed E-state index contributed by atoms with van der Waals surface area (Å²) in [5.74, 6) is 0.131. The van der Waals surface area contributed by atoms with Crippen LogP contribution in [0.2, 0.25) is 0 Å². The summed E-state index contributed by atoms with van der Waals surface area (Å²) in [7, 11) is 0. The third-order valence-electron chi connectivity index (χ3n) is 2.07. The van der Waals surface area contributed by atoms with Crippen LogP contribution in [0, 0.1) is 5.82 Å². The number of nitrogens with one attached hydrogen (secondary N) is 1. The van der Waals surface area contributed by atoms with E-state index in [0.717, 1.165) is 0 Å². The van der Waals surface area contributed by atoms with Crippen molar-refractivity contribution in [3.8, 4) is 0 Å². The van der Waals surface area contributed by atoms with E-state index in [1.807, 2.05) is 0 Å². The van der Waals surface area contributed by atoms with Crippen molar-refractivity contribution in [3.05, 3.63) is 48.2 Å². The summed E-state index contributed by atoms with van der Waals surface area (Å²) in [4.78, 5) is 7.88. The second-order valence-corrected chi connectivity index (χ2v) is 3.18. The monoisotopic (exact) mass is 219 g/mol. The molecule has 0 saturated carbocycles. The first-order valence-corrected chi connectivity index (χ1v) is 4.72. The number of hydrogen-bond acceptors (Lipinski definition) is 4. The predicted octanol–water partition coefficient (Wildman–Crippen LogP) is 1.85. The number of aliphatic hydroxyl groups excluding tert-OH is 1. The lowest BCUT2D eigenvalue weighted by atomic mass is 10.2. The number of aliphatic hydroxyl groups is 1. The molecule has 4 nitrogen and oxygen atoms in total. The highest BCUT2D eigenvalue weighted by molar-refractivity contribution is 5.59. The number of anilines is 2. The minimum atomic E-state index is -0.372. The van der Waals surface area contributed by atoms with Gasteiger partial charge in [-0.05, 0) is 12.1 Å². The maximum Gasteiger partial charge on any atom is 0.148 e. The molecule has 16 heavy (non-hydrogen) atoms. The van der Waals surface area contributed by atoms with Gasteiger partial charge in [-0.3, -0.25) is 4.98 Å². The molecule has 82 valence electrons. The van der Waals surface area contributed by atoms with Gasteiger partial charge >= 0.3 is 0 Å². The molecule has 1 aromatic carbocycles. The minimum absolute atomic E-state index is 0.164. The summed E-state index contributed by atoms with van der Waals surface area (Å²) < 4.78 is 13.0. The van der Waals surface area contributed by atoms with Gasteiger partial charge in [0.15, 0.2) is 0 Å². The molecule has 1 heterocycles. The third kappa shape index (κ3) is 2.32. The molecule has 5 heteroatoms. The molecular weight excluding hydrogens is 209 g/mol. The van der Waals surface area contributed by atoms with E-state index in [9.17, 15) is 4.39 Å². The van der Waals surface area contributed by atoms with Crippen LogP contribution in [-0.2, 0) is 6.61 Å². The summed E-state index contributed by atoms with van der Waals surface area (Å²) in [5, 5.41) is 12.0. The van der Waals surface area contributed by atoms with Gasteiger partial charge < -0.3 is 10.4 Å². The van der Waals surface area contributed by atoms with Gasteiger partial charge in [0.25, 0.3) is 0 Å². The van der Waals surface area contributed by atoms with Crippen molar-refractivity contribution in [2.24, 2.45) is 0 Å². The zero-order chi connectivity index (χ0) is 11.4. The van der Waals surface area contributed by atoms with E-state index in [1.54, 1.807) is 6.20 Å². The number of nitrogens with zero attached hydrogens (tertiary/aromatic N) is 2. The largest absolute Gasteiger partial charge is 0.392 e. The van der Waals surface area contributed by atoms with E-state index in [1.165, 1.54) is 30.6 Å². The third-order valence-corrected chi connectivity index (χ3v) is 2.07. The molecule has 2 aromatic rings. The van der Waals surface area contributed by atoms with Gasteiger partial charge in [-0.15, -0.1) is 0 Å². The highest BCUT2D eigenvalue weighted by Gasteiger charge is 2.04. The van der Waals surface area contributed by atoms with Crippen LogP contribution in [0.25, 0.3) is 0 Å². The Bertz CT molecular complexity index is 476. The Labute approximate surface area is 91.8 Å². The van der Waals surface area contributed by atoms with Gasteiger partial charge in [-0.1, -0.05) is 6.07 Å². The van der Waals surface area contributed by atoms with Gasteiger partial charge in [0.05, 0.1) is 12.8 Å². The second-order valence-electron chi connectivity index (χ2n) is 3.18. The number of halogens is 1. The number of aromatic nitrogens is 2. The zero-order valence-electron chi connectivity index (χ0n) is 8.39. The first-order chi connectivity index (χ1) is 7.79. The molecule has 0 atom stereocenters. The Morgan fingerprint density at radius 2 is 2.19 bits per heavy atom. The summed E-state index contributed by atoms with van der Waals surface area (Å²) in [5.41, 5.74) is 1.09. The first-order valence-electron chi connectivity index (χ1n) is 4.72. The van der Waals surface area contributed by atoms with Crippen molar-refractivity contribution in [1.82, 2.24) is 9.97 Å². The molecule has 0 radical (unpaired) electrons. The van der Waals surface area contributed by atoms with Crippen LogP contribution in [0.4, 0.5) is 15.9 Å². The summed E-state index contributed by atoms with van der Waals surface area (Å²) >= 11 is 0. The molecule has 0 bridgehead atoms. The van der Waals surface area contributed by atoms with Gasteiger partial charge in [0, 0.05) is 23.6 Å². The first kappa shape index (κ1) is 10.5. The smallest absolute Gasteiger partial charge is 0.148 e. The summed E-state index contributed by atoms with van der Waals surface area (Å²) in [6.07, 6.45) is 4.59. The number of benzene rings is 1. The molecule has 0 spiro atoms. The highest BCUT2D eigenvalue weighted by atomic mass is 19.1. The zero-order valence-corrected chi connectivity index (χ0v) is 8.39. The Kier molecular flexibility index (Phi) is 3.07. The lowest BCUT2D eigenvalue weighted by molar-refractivity contribution is 0.282. The maximum absolute atomic E-state index is 13.0. The number of rotatable bonds is 3. The Balaban J connectivity index is 2.30. The van der Waals surface area contributed by atoms with Crippen LogP contribution in [0.3, 0.4) is 0 Å². The Hall–Kier alpha value is -2.01.